The second-order valence-electron chi connectivity index (χ2n) is 11.7. The molecule has 0 saturated carbocycles. The number of unbranched alkanes of at least 4 members (excludes halogenated alkanes) is 3. The van der Waals surface area contributed by atoms with Crippen LogP contribution in [0.2, 0.25) is 0 Å². The molecule has 2 aliphatic heterocycles. The van der Waals surface area contributed by atoms with Gasteiger partial charge in [0.15, 0.2) is 0 Å². The zero-order valence-corrected chi connectivity index (χ0v) is 25.6. The van der Waals surface area contributed by atoms with E-state index in [-0.39, 0.29) is 0 Å². The van der Waals surface area contributed by atoms with Crippen LogP contribution in [0.4, 0.5) is 0 Å². The second-order valence-corrected chi connectivity index (χ2v) is 11.7. The molecule has 2 aromatic rings. The third kappa shape index (κ3) is 6.89. The first kappa shape index (κ1) is 29.7. The van der Waals surface area contributed by atoms with E-state index < -0.39 is 0 Å². The number of fused-ring (bicyclic) bond motifs is 3. The Kier molecular flexibility index (Phi) is 10.3. The van der Waals surface area contributed by atoms with Crippen LogP contribution in [0.5, 0.6) is 0 Å². The Hall–Kier alpha value is -3.26. The molecule has 0 amide bonds. The monoisotopic (exact) mass is 534 g/mol. The van der Waals surface area contributed by atoms with Crippen LogP contribution in [0.1, 0.15) is 93.5 Å². The van der Waals surface area contributed by atoms with E-state index in [1.807, 2.05) is 0 Å². The molecule has 2 nitrogen and oxygen atoms in total. The maximum Gasteiger partial charge on any atom is 0.0489 e. The maximum absolute atomic E-state index is 4.56. The molecule has 4 rings (SSSR count). The Morgan fingerprint density at radius 3 is 2.42 bits per heavy atom. The summed E-state index contributed by atoms with van der Waals surface area (Å²) in [6.45, 7) is 25.1. The lowest BCUT2D eigenvalue weighted by Gasteiger charge is -2.41. The number of allylic oxidation sites excluding steroid dienone is 5. The number of aryl methyl sites for hydroxylation is 3. The van der Waals surface area contributed by atoms with Crippen LogP contribution in [-0.4, -0.2) is 29.4 Å². The molecule has 0 saturated heterocycles. The van der Waals surface area contributed by atoms with E-state index in [9.17, 15) is 0 Å². The minimum Gasteiger partial charge on any atom is -0.375 e. The quantitative estimate of drug-likeness (QED) is 0.223. The molecule has 212 valence electrons. The highest BCUT2D eigenvalue weighted by Gasteiger charge is 2.32. The van der Waals surface area contributed by atoms with Gasteiger partial charge in [0.1, 0.15) is 0 Å². The van der Waals surface area contributed by atoms with Gasteiger partial charge in [0.25, 0.3) is 0 Å². The predicted molar refractivity (Wildman–Crippen MR) is 174 cm³/mol. The van der Waals surface area contributed by atoms with Crippen molar-refractivity contribution in [3.63, 3.8) is 0 Å². The summed E-state index contributed by atoms with van der Waals surface area (Å²) in [5.41, 5.74) is 13.1. The first-order chi connectivity index (χ1) is 19.4. The lowest BCUT2D eigenvalue weighted by Crippen LogP contribution is -2.37. The number of hydrogen-bond acceptors (Lipinski definition) is 2. The van der Waals surface area contributed by atoms with Crippen molar-refractivity contribution in [1.82, 2.24) is 9.80 Å². The van der Waals surface area contributed by atoms with Crippen molar-refractivity contribution < 1.29 is 0 Å². The van der Waals surface area contributed by atoms with Crippen LogP contribution >= 0.6 is 0 Å². The molecule has 2 heterocycles. The van der Waals surface area contributed by atoms with Crippen molar-refractivity contribution in [3.8, 4) is 0 Å². The molecule has 0 bridgehead atoms. The smallest absolute Gasteiger partial charge is 0.0489 e. The molecule has 1 atom stereocenters. The number of rotatable bonds is 14. The second kappa shape index (κ2) is 13.9. The zero-order valence-electron chi connectivity index (χ0n) is 25.6. The largest absolute Gasteiger partial charge is 0.375 e. The summed E-state index contributed by atoms with van der Waals surface area (Å²) in [5.74, 6) is 0.398. The Balaban J connectivity index is 1.66. The van der Waals surface area contributed by atoms with Crippen molar-refractivity contribution in [2.45, 2.75) is 85.0 Å². The molecular weight excluding hydrogens is 484 g/mol. The van der Waals surface area contributed by atoms with E-state index in [0.717, 1.165) is 55.6 Å². The zero-order chi connectivity index (χ0) is 28.6. The van der Waals surface area contributed by atoms with Crippen molar-refractivity contribution >= 4 is 5.70 Å². The fraction of sp³-hybridized carbons (Fsp3) is 0.421. The third-order valence-electron chi connectivity index (χ3n) is 8.71. The van der Waals surface area contributed by atoms with Crippen molar-refractivity contribution in [2.24, 2.45) is 0 Å². The lowest BCUT2D eigenvalue weighted by molar-refractivity contribution is 0.299. The highest BCUT2D eigenvalue weighted by Crippen LogP contribution is 2.42. The number of hydrogen-bond donors (Lipinski definition) is 0. The summed E-state index contributed by atoms with van der Waals surface area (Å²) in [4.78, 5) is 4.99. The van der Waals surface area contributed by atoms with Gasteiger partial charge in [-0.2, -0.15) is 0 Å². The van der Waals surface area contributed by atoms with E-state index in [1.165, 1.54) is 65.8 Å². The molecule has 0 aliphatic carbocycles. The fourth-order valence-corrected chi connectivity index (χ4v) is 6.30. The highest BCUT2D eigenvalue weighted by atomic mass is 15.2. The molecule has 0 N–H and O–H groups in total. The number of benzene rings is 2. The molecule has 1 unspecified atom stereocenters. The molecular formula is C38H50N2. The van der Waals surface area contributed by atoms with Crippen LogP contribution in [0.25, 0.3) is 5.70 Å². The van der Waals surface area contributed by atoms with Crippen LogP contribution in [-0.2, 0) is 19.3 Å². The van der Waals surface area contributed by atoms with Gasteiger partial charge < -0.3 is 9.80 Å². The standard InChI is InChI=1S/C38H50N2/c1-8-11-12-16-19-33-24-35-34(25-39(10-3)30(7)20-21-31-17-14-13-15-18-31)26-40-27-37(28(4)5)29(6)22-38(40)36(35)23-32(33)9-2/h13-15,17-18,22-24,27,34H,4,6-12,16,19-21,25-26H2,1-3,5H3. The van der Waals surface area contributed by atoms with Gasteiger partial charge >= 0.3 is 0 Å². The van der Waals surface area contributed by atoms with Crippen LogP contribution in [0.15, 0.2) is 96.9 Å². The van der Waals surface area contributed by atoms with Gasteiger partial charge in [-0.15, -0.1) is 0 Å². The molecule has 2 aromatic carbocycles. The van der Waals surface area contributed by atoms with Crippen molar-refractivity contribution in [3.05, 3.63) is 125 Å². The normalized spacial score (nSPS) is 16.1. The first-order valence-electron chi connectivity index (χ1n) is 15.5. The van der Waals surface area contributed by atoms with Crippen LogP contribution in [0.3, 0.4) is 0 Å². The SMILES string of the molecule is C=C(C)C1=CN2CC(CN(CC)C(=C)CCc3ccccc3)c3cc(CCCCCC)c(CC)cc3C2=CC1=C. The van der Waals surface area contributed by atoms with Gasteiger partial charge in [0, 0.05) is 48.7 Å². The van der Waals surface area contributed by atoms with Crippen molar-refractivity contribution in [1.29, 1.82) is 0 Å². The van der Waals surface area contributed by atoms with Crippen LogP contribution < -0.4 is 0 Å². The Morgan fingerprint density at radius 2 is 1.75 bits per heavy atom. The Bertz CT molecular complexity index is 1280. The summed E-state index contributed by atoms with van der Waals surface area (Å²) in [7, 11) is 0. The molecule has 0 radical (unpaired) electrons. The fourth-order valence-electron chi connectivity index (χ4n) is 6.30. The van der Waals surface area contributed by atoms with Gasteiger partial charge in [-0.25, -0.2) is 0 Å². The van der Waals surface area contributed by atoms with Gasteiger partial charge in [-0.1, -0.05) is 89.2 Å². The Morgan fingerprint density at radius 1 is 0.975 bits per heavy atom. The lowest BCUT2D eigenvalue weighted by atomic mass is 9.81. The van der Waals surface area contributed by atoms with E-state index in [4.69, 9.17) is 0 Å². The molecule has 0 spiro atoms. The Labute approximate surface area is 244 Å². The molecule has 0 fully saturated rings. The summed E-state index contributed by atoms with van der Waals surface area (Å²) < 4.78 is 0. The molecule has 2 aliphatic rings. The summed E-state index contributed by atoms with van der Waals surface area (Å²) in [6, 6.07) is 15.9. The molecule has 40 heavy (non-hydrogen) atoms. The van der Waals surface area contributed by atoms with Gasteiger partial charge in [0.2, 0.25) is 0 Å². The summed E-state index contributed by atoms with van der Waals surface area (Å²) in [6.07, 6.45) is 14.1. The molecule has 2 heteroatoms. The minimum atomic E-state index is 0.398. The van der Waals surface area contributed by atoms with E-state index in [1.54, 1.807) is 5.56 Å². The predicted octanol–water partition coefficient (Wildman–Crippen LogP) is 9.61. The van der Waals surface area contributed by atoms with Gasteiger partial charge in [0.05, 0.1) is 0 Å². The van der Waals surface area contributed by atoms with E-state index in [0.29, 0.717) is 5.92 Å². The maximum atomic E-state index is 4.56. The number of likely N-dealkylation sites (N-methyl/N-ethyl adjacent to an activating group) is 1. The molecule has 0 aromatic heterocycles. The topological polar surface area (TPSA) is 6.48 Å². The first-order valence-corrected chi connectivity index (χ1v) is 15.5. The van der Waals surface area contributed by atoms with Gasteiger partial charge in [-0.3, -0.25) is 0 Å². The van der Waals surface area contributed by atoms with E-state index >= 15 is 0 Å². The van der Waals surface area contributed by atoms with Gasteiger partial charge in [-0.05, 0) is 97.1 Å². The number of nitrogens with zero attached hydrogens (tertiary/aromatic N) is 2. The van der Waals surface area contributed by atoms with Crippen molar-refractivity contribution in [2.75, 3.05) is 19.6 Å². The summed E-state index contributed by atoms with van der Waals surface area (Å²) in [5, 5.41) is 0. The average Bonchev–Trinajstić information content (AvgIpc) is 2.96. The average molecular weight is 535 g/mol. The highest BCUT2D eigenvalue weighted by molar-refractivity contribution is 5.77. The minimum absolute atomic E-state index is 0.398. The van der Waals surface area contributed by atoms with E-state index in [2.05, 4.69) is 112 Å². The van der Waals surface area contributed by atoms with Crippen LogP contribution in [0, 0.1) is 0 Å². The third-order valence-corrected chi connectivity index (χ3v) is 8.71. The summed E-state index contributed by atoms with van der Waals surface area (Å²) >= 11 is 0.